The quantitative estimate of drug-likeness (QED) is 0.561. The molecule has 1 aliphatic heterocycles. The van der Waals surface area contributed by atoms with Crippen molar-refractivity contribution in [3.63, 3.8) is 0 Å². The number of hydrogen-bond acceptors (Lipinski definition) is 4. The van der Waals surface area contributed by atoms with E-state index < -0.39 is 0 Å². The van der Waals surface area contributed by atoms with Crippen LogP contribution in [-0.4, -0.2) is 77.8 Å². The van der Waals surface area contributed by atoms with Crippen molar-refractivity contribution in [2.24, 2.45) is 12.0 Å². The van der Waals surface area contributed by atoms with Crippen LogP contribution in [0.5, 0.6) is 0 Å². The highest BCUT2D eigenvalue weighted by Crippen LogP contribution is 2.16. The summed E-state index contributed by atoms with van der Waals surface area (Å²) in [5.41, 5.74) is 2.14. The van der Waals surface area contributed by atoms with Gasteiger partial charge in [-0.15, -0.1) is 0 Å². The smallest absolute Gasteiger partial charge is 0.246 e. The first kappa shape index (κ1) is 20.9. The number of aliphatic imine (C=N–C) groups is 1. The number of rotatable bonds is 7. The maximum Gasteiger partial charge on any atom is 0.246 e. The summed E-state index contributed by atoms with van der Waals surface area (Å²) in [6, 6.07) is 10.4. The largest absolute Gasteiger partial charge is 0.357 e. The van der Waals surface area contributed by atoms with Crippen LogP contribution in [0.15, 0.2) is 47.7 Å². The van der Waals surface area contributed by atoms with Gasteiger partial charge in [0, 0.05) is 46.0 Å². The van der Waals surface area contributed by atoms with Crippen LogP contribution >= 0.6 is 0 Å². The lowest BCUT2D eigenvalue weighted by atomic mass is 10.2. The number of aromatic nitrogens is 2. The summed E-state index contributed by atoms with van der Waals surface area (Å²) in [5, 5.41) is 7.49. The Morgan fingerprint density at radius 3 is 2.72 bits per heavy atom. The average Bonchev–Trinajstić information content (AvgIpc) is 3.14. The molecule has 1 aromatic heterocycles. The molecule has 8 heteroatoms. The maximum atomic E-state index is 12.7. The second-order valence-corrected chi connectivity index (χ2v) is 7.30. The number of anilines is 1. The highest BCUT2D eigenvalue weighted by Gasteiger charge is 2.27. The van der Waals surface area contributed by atoms with Gasteiger partial charge < -0.3 is 20.0 Å². The summed E-state index contributed by atoms with van der Waals surface area (Å²) in [6.45, 7) is 6.95. The van der Waals surface area contributed by atoms with Gasteiger partial charge in [-0.25, -0.2) is 0 Å². The van der Waals surface area contributed by atoms with Crippen molar-refractivity contribution in [2.45, 2.75) is 13.5 Å². The predicted octanol–water partition coefficient (Wildman–Crippen LogP) is 1.17. The fourth-order valence-electron chi connectivity index (χ4n) is 3.40. The molecule has 1 fully saturated rings. The van der Waals surface area contributed by atoms with Crippen molar-refractivity contribution in [1.29, 1.82) is 0 Å². The van der Waals surface area contributed by atoms with E-state index in [9.17, 15) is 4.79 Å². The number of guanidine groups is 1. The Bertz CT molecular complexity index is 817. The lowest BCUT2D eigenvalue weighted by Gasteiger charge is -2.35. The third-order valence-electron chi connectivity index (χ3n) is 4.90. The highest BCUT2D eigenvalue weighted by atomic mass is 16.2. The Kier molecular flexibility index (Phi) is 7.24. The molecule has 156 valence electrons. The molecule has 3 rings (SSSR count). The van der Waals surface area contributed by atoms with Gasteiger partial charge in [0.2, 0.25) is 5.91 Å². The van der Waals surface area contributed by atoms with Crippen molar-refractivity contribution in [1.82, 2.24) is 24.9 Å². The zero-order chi connectivity index (χ0) is 20.6. The molecule has 8 nitrogen and oxygen atoms in total. The van der Waals surface area contributed by atoms with Crippen LogP contribution in [0.4, 0.5) is 5.69 Å². The van der Waals surface area contributed by atoms with E-state index in [0.717, 1.165) is 37.8 Å². The van der Waals surface area contributed by atoms with Gasteiger partial charge in [-0.2, -0.15) is 5.10 Å². The van der Waals surface area contributed by atoms with Crippen LogP contribution in [0.1, 0.15) is 12.5 Å². The van der Waals surface area contributed by atoms with Crippen molar-refractivity contribution in [2.75, 3.05) is 51.2 Å². The van der Waals surface area contributed by atoms with E-state index in [2.05, 4.69) is 46.6 Å². The summed E-state index contributed by atoms with van der Waals surface area (Å²) < 4.78 is 1.71. The first-order valence-electron chi connectivity index (χ1n) is 10.1. The minimum absolute atomic E-state index is 0.0658. The highest BCUT2D eigenvalue weighted by molar-refractivity contribution is 5.98. The number of benzene rings is 1. The van der Waals surface area contributed by atoms with Crippen LogP contribution in [-0.2, 0) is 18.4 Å². The number of carbonyl (C=O) groups excluding carboxylic acids is 1. The molecule has 0 radical (unpaired) electrons. The topological polar surface area (TPSA) is 69.0 Å². The molecule has 0 spiro atoms. The molecule has 0 saturated carbocycles. The van der Waals surface area contributed by atoms with Gasteiger partial charge in [0.15, 0.2) is 5.96 Å². The molecule has 1 aromatic carbocycles. The van der Waals surface area contributed by atoms with Gasteiger partial charge in [0.25, 0.3) is 0 Å². The summed E-state index contributed by atoms with van der Waals surface area (Å²) in [4.78, 5) is 23.5. The van der Waals surface area contributed by atoms with Crippen LogP contribution in [0.3, 0.4) is 0 Å². The standard InChI is InChI=1S/C21H31N7O/c1-4-22-21(23-10-11-25(2)15-18-8-6-5-7-9-18)27-12-13-28(20(29)17-27)19-14-24-26(3)16-19/h5-9,14,16H,4,10-13,15,17H2,1-3H3,(H,22,23). The van der Waals surface area contributed by atoms with E-state index in [1.165, 1.54) is 5.56 Å². The number of hydrogen-bond donors (Lipinski definition) is 1. The maximum absolute atomic E-state index is 12.7. The van der Waals surface area contributed by atoms with Crippen LogP contribution in [0, 0.1) is 0 Å². The summed E-state index contributed by atoms with van der Waals surface area (Å²) in [7, 11) is 3.96. The van der Waals surface area contributed by atoms with Gasteiger partial charge in [0.1, 0.15) is 6.54 Å². The molecular weight excluding hydrogens is 366 g/mol. The van der Waals surface area contributed by atoms with Gasteiger partial charge in [-0.3, -0.25) is 14.5 Å². The third-order valence-corrected chi connectivity index (χ3v) is 4.90. The molecule has 1 amide bonds. The van der Waals surface area contributed by atoms with Crippen LogP contribution in [0.2, 0.25) is 0 Å². The van der Waals surface area contributed by atoms with Crippen molar-refractivity contribution in [3.8, 4) is 0 Å². The van der Waals surface area contributed by atoms with E-state index in [1.807, 2.05) is 31.1 Å². The van der Waals surface area contributed by atoms with Crippen molar-refractivity contribution in [3.05, 3.63) is 48.3 Å². The Morgan fingerprint density at radius 1 is 1.28 bits per heavy atom. The Balaban J connectivity index is 1.54. The van der Waals surface area contributed by atoms with E-state index in [4.69, 9.17) is 4.99 Å². The van der Waals surface area contributed by atoms with E-state index >= 15 is 0 Å². The summed E-state index contributed by atoms with van der Waals surface area (Å²) >= 11 is 0. The molecule has 2 aromatic rings. The summed E-state index contributed by atoms with van der Waals surface area (Å²) in [5.74, 6) is 0.871. The number of amides is 1. The molecule has 0 unspecified atom stereocenters. The average molecular weight is 398 g/mol. The monoisotopic (exact) mass is 397 g/mol. The fraction of sp³-hybridized carbons (Fsp3) is 0.476. The van der Waals surface area contributed by atoms with Crippen LogP contribution < -0.4 is 10.2 Å². The van der Waals surface area contributed by atoms with E-state index in [0.29, 0.717) is 19.6 Å². The molecular formula is C21H31N7O. The number of nitrogens with one attached hydrogen (secondary N) is 1. The van der Waals surface area contributed by atoms with Gasteiger partial charge in [-0.1, -0.05) is 30.3 Å². The molecule has 0 atom stereocenters. The number of likely N-dealkylation sites (N-methyl/N-ethyl adjacent to an activating group) is 1. The van der Waals surface area contributed by atoms with Gasteiger partial charge in [0.05, 0.1) is 18.4 Å². The second kappa shape index (κ2) is 10.1. The minimum atomic E-state index is 0.0658. The molecule has 29 heavy (non-hydrogen) atoms. The van der Waals surface area contributed by atoms with E-state index in [-0.39, 0.29) is 5.91 Å². The Hall–Kier alpha value is -2.87. The second-order valence-electron chi connectivity index (χ2n) is 7.30. The fourth-order valence-corrected chi connectivity index (χ4v) is 3.40. The first-order valence-corrected chi connectivity index (χ1v) is 10.1. The third kappa shape index (κ3) is 5.80. The Labute approximate surface area is 172 Å². The summed E-state index contributed by atoms with van der Waals surface area (Å²) in [6.07, 6.45) is 3.60. The normalized spacial score (nSPS) is 15.3. The molecule has 2 heterocycles. The van der Waals surface area contributed by atoms with Gasteiger partial charge >= 0.3 is 0 Å². The molecule has 0 bridgehead atoms. The molecule has 0 aliphatic carbocycles. The van der Waals surface area contributed by atoms with Crippen LogP contribution in [0.25, 0.3) is 0 Å². The zero-order valence-corrected chi connectivity index (χ0v) is 17.6. The minimum Gasteiger partial charge on any atom is -0.357 e. The number of aryl methyl sites for hydroxylation is 1. The molecule has 1 aliphatic rings. The van der Waals surface area contributed by atoms with Crippen molar-refractivity contribution < 1.29 is 4.79 Å². The number of nitrogens with zero attached hydrogens (tertiary/aromatic N) is 6. The van der Waals surface area contributed by atoms with Gasteiger partial charge in [-0.05, 0) is 19.5 Å². The molecule has 1 N–H and O–H groups in total. The predicted molar refractivity (Wildman–Crippen MR) is 116 cm³/mol. The Morgan fingerprint density at radius 2 is 2.07 bits per heavy atom. The first-order chi connectivity index (χ1) is 14.1. The number of piperazine rings is 1. The lowest BCUT2D eigenvalue weighted by molar-refractivity contribution is -0.120. The zero-order valence-electron chi connectivity index (χ0n) is 17.6. The lowest BCUT2D eigenvalue weighted by Crippen LogP contribution is -2.55. The SMILES string of the molecule is CCNC(=NCCN(C)Cc1ccccc1)N1CCN(c2cnn(C)c2)C(=O)C1. The van der Waals surface area contributed by atoms with E-state index in [1.54, 1.807) is 15.8 Å². The molecule has 1 saturated heterocycles. The van der Waals surface area contributed by atoms with Crippen molar-refractivity contribution >= 4 is 17.6 Å². The number of carbonyl (C=O) groups is 1.